The highest BCUT2D eigenvalue weighted by atomic mass is 19.1. The zero-order chi connectivity index (χ0) is 13.8. The summed E-state index contributed by atoms with van der Waals surface area (Å²) in [5.74, 6) is -0.197. The van der Waals surface area contributed by atoms with Crippen LogP contribution in [0, 0.1) is 5.82 Å². The molecule has 0 amide bonds. The molecule has 0 heterocycles. The number of rotatable bonds is 4. The zero-order valence-electron chi connectivity index (χ0n) is 10.8. The van der Waals surface area contributed by atoms with Crippen molar-refractivity contribution in [3.8, 4) is 5.75 Å². The highest BCUT2D eigenvalue weighted by molar-refractivity contribution is 5.37. The number of hydrogen-bond acceptors (Lipinski definition) is 3. The van der Waals surface area contributed by atoms with Crippen molar-refractivity contribution in [3.05, 3.63) is 65.0 Å². The lowest BCUT2D eigenvalue weighted by Crippen LogP contribution is -2.13. The van der Waals surface area contributed by atoms with E-state index in [-0.39, 0.29) is 11.8 Å². The molecule has 4 heteroatoms. The van der Waals surface area contributed by atoms with Crippen LogP contribution in [-0.2, 0) is 6.54 Å². The van der Waals surface area contributed by atoms with Crippen molar-refractivity contribution in [3.63, 3.8) is 0 Å². The fraction of sp³-hybridized carbons (Fsp3) is 0.200. The molecule has 0 radical (unpaired) electrons. The maximum atomic E-state index is 13.7. The number of benzene rings is 2. The van der Waals surface area contributed by atoms with Crippen molar-refractivity contribution in [2.75, 3.05) is 7.11 Å². The Labute approximate surface area is 112 Å². The van der Waals surface area contributed by atoms with Crippen molar-refractivity contribution < 1.29 is 9.13 Å². The first kappa shape index (κ1) is 13.5. The van der Waals surface area contributed by atoms with E-state index in [2.05, 4.69) is 0 Å². The van der Waals surface area contributed by atoms with Crippen LogP contribution >= 0.6 is 0 Å². The maximum Gasteiger partial charge on any atom is 0.165 e. The summed E-state index contributed by atoms with van der Waals surface area (Å²) in [5, 5.41) is 0. The Bertz CT molecular complexity index is 572. The lowest BCUT2D eigenvalue weighted by Gasteiger charge is -2.14. The lowest BCUT2D eigenvalue weighted by molar-refractivity contribution is 0.386. The molecule has 0 fully saturated rings. The average molecular weight is 260 g/mol. The Morgan fingerprint density at radius 2 is 1.89 bits per heavy atom. The van der Waals surface area contributed by atoms with E-state index in [9.17, 15) is 4.39 Å². The molecule has 0 spiro atoms. The lowest BCUT2D eigenvalue weighted by atomic mass is 9.98. The van der Waals surface area contributed by atoms with Gasteiger partial charge in [-0.2, -0.15) is 0 Å². The molecule has 19 heavy (non-hydrogen) atoms. The van der Waals surface area contributed by atoms with Gasteiger partial charge in [-0.15, -0.1) is 0 Å². The van der Waals surface area contributed by atoms with E-state index in [4.69, 9.17) is 16.2 Å². The predicted molar refractivity (Wildman–Crippen MR) is 73.3 cm³/mol. The number of hydrogen-bond donors (Lipinski definition) is 2. The van der Waals surface area contributed by atoms with Crippen LogP contribution in [0.2, 0.25) is 0 Å². The fourth-order valence-corrected chi connectivity index (χ4v) is 1.98. The summed E-state index contributed by atoms with van der Waals surface area (Å²) >= 11 is 0. The summed E-state index contributed by atoms with van der Waals surface area (Å²) in [6.45, 7) is 0.456. The van der Waals surface area contributed by atoms with E-state index in [0.29, 0.717) is 12.1 Å². The molecule has 3 nitrogen and oxygen atoms in total. The van der Waals surface area contributed by atoms with E-state index in [1.54, 1.807) is 12.1 Å². The minimum atomic E-state index is -0.412. The number of halogens is 1. The van der Waals surface area contributed by atoms with Gasteiger partial charge in [-0.25, -0.2) is 4.39 Å². The summed E-state index contributed by atoms with van der Waals surface area (Å²) in [5.41, 5.74) is 14.4. The molecular weight excluding hydrogens is 243 g/mol. The number of methoxy groups -OCH3 is 1. The SMILES string of the molecule is COc1ccc(C(N)c2cccc(CN)c2)cc1F. The third-order valence-electron chi connectivity index (χ3n) is 3.08. The van der Waals surface area contributed by atoms with Gasteiger partial charge in [-0.3, -0.25) is 0 Å². The Morgan fingerprint density at radius 1 is 1.16 bits per heavy atom. The van der Waals surface area contributed by atoms with Gasteiger partial charge in [-0.05, 0) is 28.8 Å². The van der Waals surface area contributed by atoms with Gasteiger partial charge in [0.15, 0.2) is 11.6 Å². The third-order valence-corrected chi connectivity index (χ3v) is 3.08. The summed E-state index contributed by atoms with van der Waals surface area (Å²) in [6.07, 6.45) is 0. The van der Waals surface area contributed by atoms with Crippen LogP contribution in [0.5, 0.6) is 5.75 Å². The summed E-state index contributed by atoms with van der Waals surface area (Å²) in [6, 6.07) is 12.0. The van der Waals surface area contributed by atoms with Crippen LogP contribution in [0.1, 0.15) is 22.7 Å². The summed E-state index contributed by atoms with van der Waals surface area (Å²) < 4.78 is 18.6. The molecule has 4 N–H and O–H groups in total. The molecule has 2 aromatic carbocycles. The molecule has 0 aromatic heterocycles. The van der Waals surface area contributed by atoms with E-state index in [1.807, 2.05) is 24.3 Å². The van der Waals surface area contributed by atoms with Crippen LogP contribution in [0.4, 0.5) is 4.39 Å². The van der Waals surface area contributed by atoms with E-state index < -0.39 is 5.82 Å². The molecule has 0 aliphatic rings. The van der Waals surface area contributed by atoms with E-state index in [1.165, 1.54) is 13.2 Å². The summed E-state index contributed by atoms with van der Waals surface area (Å²) in [4.78, 5) is 0. The average Bonchev–Trinajstić information content (AvgIpc) is 2.46. The van der Waals surface area contributed by atoms with Gasteiger partial charge in [0.1, 0.15) is 0 Å². The molecule has 1 atom stereocenters. The molecule has 0 saturated heterocycles. The molecule has 0 bridgehead atoms. The summed E-state index contributed by atoms with van der Waals surface area (Å²) in [7, 11) is 1.43. The Morgan fingerprint density at radius 3 is 2.53 bits per heavy atom. The number of ether oxygens (including phenoxy) is 1. The monoisotopic (exact) mass is 260 g/mol. The van der Waals surface area contributed by atoms with Gasteiger partial charge in [0.2, 0.25) is 0 Å². The Hall–Kier alpha value is -1.91. The minimum Gasteiger partial charge on any atom is -0.494 e. The van der Waals surface area contributed by atoms with Gasteiger partial charge in [0.25, 0.3) is 0 Å². The Balaban J connectivity index is 2.32. The second kappa shape index (κ2) is 5.82. The zero-order valence-corrected chi connectivity index (χ0v) is 10.8. The molecule has 0 aliphatic heterocycles. The molecule has 2 rings (SSSR count). The standard InChI is InChI=1S/C15H17FN2O/c1-19-14-6-5-12(8-13(14)16)15(18)11-4-2-3-10(7-11)9-17/h2-8,15H,9,17-18H2,1H3. The predicted octanol–water partition coefficient (Wildman–Crippen LogP) is 2.34. The molecule has 0 aliphatic carbocycles. The first-order chi connectivity index (χ1) is 9.15. The molecule has 1 unspecified atom stereocenters. The molecule has 2 aromatic rings. The molecule has 0 saturated carbocycles. The van der Waals surface area contributed by atoms with Crippen LogP contribution < -0.4 is 16.2 Å². The van der Waals surface area contributed by atoms with Gasteiger partial charge in [-0.1, -0.05) is 30.3 Å². The van der Waals surface area contributed by atoms with Gasteiger partial charge in [0.05, 0.1) is 13.2 Å². The molecular formula is C15H17FN2O. The quantitative estimate of drug-likeness (QED) is 0.887. The van der Waals surface area contributed by atoms with Crippen molar-refractivity contribution in [1.29, 1.82) is 0 Å². The molecule has 100 valence electrons. The largest absolute Gasteiger partial charge is 0.494 e. The second-order valence-corrected chi connectivity index (χ2v) is 4.32. The third kappa shape index (κ3) is 2.92. The van der Waals surface area contributed by atoms with Crippen LogP contribution in [0.3, 0.4) is 0 Å². The van der Waals surface area contributed by atoms with Crippen LogP contribution in [0.25, 0.3) is 0 Å². The topological polar surface area (TPSA) is 61.3 Å². The first-order valence-corrected chi connectivity index (χ1v) is 6.03. The maximum absolute atomic E-state index is 13.7. The number of nitrogens with two attached hydrogens (primary N) is 2. The van der Waals surface area contributed by atoms with Crippen molar-refractivity contribution in [2.45, 2.75) is 12.6 Å². The second-order valence-electron chi connectivity index (χ2n) is 4.32. The van der Waals surface area contributed by atoms with Gasteiger partial charge >= 0.3 is 0 Å². The highest BCUT2D eigenvalue weighted by Crippen LogP contribution is 2.25. The van der Waals surface area contributed by atoms with Crippen molar-refractivity contribution >= 4 is 0 Å². The van der Waals surface area contributed by atoms with E-state index >= 15 is 0 Å². The fourth-order valence-electron chi connectivity index (χ4n) is 1.98. The normalized spacial score (nSPS) is 12.2. The van der Waals surface area contributed by atoms with Crippen LogP contribution in [-0.4, -0.2) is 7.11 Å². The first-order valence-electron chi connectivity index (χ1n) is 6.03. The van der Waals surface area contributed by atoms with E-state index in [0.717, 1.165) is 11.1 Å². The minimum absolute atomic E-state index is 0.214. The van der Waals surface area contributed by atoms with Gasteiger partial charge in [0, 0.05) is 6.54 Å². The smallest absolute Gasteiger partial charge is 0.165 e. The Kier molecular flexibility index (Phi) is 4.14. The van der Waals surface area contributed by atoms with Gasteiger partial charge < -0.3 is 16.2 Å². The van der Waals surface area contributed by atoms with Crippen molar-refractivity contribution in [1.82, 2.24) is 0 Å². The highest BCUT2D eigenvalue weighted by Gasteiger charge is 2.12. The van der Waals surface area contributed by atoms with Crippen LogP contribution in [0.15, 0.2) is 42.5 Å². The van der Waals surface area contributed by atoms with Crippen molar-refractivity contribution in [2.24, 2.45) is 11.5 Å².